The summed E-state index contributed by atoms with van der Waals surface area (Å²) in [5.74, 6) is 0.690. The third kappa shape index (κ3) is 1.64. The SMILES string of the molecule is CC(O)c1cc2n(n1)C(c1ccccc1)N=N2. The maximum Gasteiger partial charge on any atom is 0.190 e. The van der Waals surface area contributed by atoms with Crippen LogP contribution in [0.25, 0.3) is 0 Å². The summed E-state index contributed by atoms with van der Waals surface area (Å²) in [6.07, 6.45) is -0.793. The van der Waals surface area contributed by atoms with Crippen LogP contribution in [-0.4, -0.2) is 14.9 Å². The van der Waals surface area contributed by atoms with Crippen LogP contribution in [0.1, 0.15) is 30.5 Å². The van der Waals surface area contributed by atoms with E-state index >= 15 is 0 Å². The van der Waals surface area contributed by atoms with Crippen molar-refractivity contribution in [3.63, 3.8) is 0 Å². The number of azo groups is 1. The van der Waals surface area contributed by atoms with Gasteiger partial charge in [-0.1, -0.05) is 30.3 Å². The summed E-state index contributed by atoms with van der Waals surface area (Å²) in [7, 11) is 0. The molecule has 0 fully saturated rings. The summed E-state index contributed by atoms with van der Waals surface area (Å²) in [5, 5.41) is 22.1. The van der Waals surface area contributed by atoms with Gasteiger partial charge in [-0.15, -0.1) is 5.11 Å². The highest BCUT2D eigenvalue weighted by Crippen LogP contribution is 2.33. The zero-order valence-electron chi connectivity index (χ0n) is 9.35. The molecule has 17 heavy (non-hydrogen) atoms. The fourth-order valence-corrected chi connectivity index (χ4v) is 1.86. The van der Waals surface area contributed by atoms with Crippen LogP contribution in [0.3, 0.4) is 0 Å². The van der Waals surface area contributed by atoms with Crippen molar-refractivity contribution in [1.29, 1.82) is 0 Å². The van der Waals surface area contributed by atoms with Crippen LogP contribution >= 0.6 is 0 Å². The first-order valence-corrected chi connectivity index (χ1v) is 5.49. The van der Waals surface area contributed by atoms with Gasteiger partial charge in [0.1, 0.15) is 0 Å². The fraction of sp³-hybridized carbons (Fsp3) is 0.250. The largest absolute Gasteiger partial charge is 0.387 e. The highest BCUT2D eigenvalue weighted by molar-refractivity contribution is 5.35. The van der Waals surface area contributed by atoms with Crippen molar-refractivity contribution in [3.8, 4) is 0 Å². The van der Waals surface area contributed by atoms with Gasteiger partial charge in [0.2, 0.25) is 0 Å². The number of benzene rings is 1. The second-order valence-corrected chi connectivity index (χ2v) is 4.05. The standard InChI is InChI=1S/C12H12N4O/c1-8(17)10-7-11-13-14-12(16(11)15-10)9-5-3-2-4-6-9/h2-8,12,17H,1H3. The van der Waals surface area contributed by atoms with E-state index in [1.54, 1.807) is 17.7 Å². The average molecular weight is 228 g/mol. The van der Waals surface area contributed by atoms with Gasteiger partial charge in [0.15, 0.2) is 12.0 Å². The molecule has 1 aromatic carbocycles. The number of hydrogen-bond acceptors (Lipinski definition) is 4. The topological polar surface area (TPSA) is 62.8 Å². The van der Waals surface area contributed by atoms with Crippen molar-refractivity contribution >= 4 is 5.82 Å². The first kappa shape index (κ1) is 10.2. The molecular formula is C12H12N4O. The maximum atomic E-state index is 9.49. The Bertz CT molecular complexity index is 559. The molecule has 1 N–H and O–H groups in total. The minimum atomic E-state index is -0.584. The third-order valence-electron chi connectivity index (χ3n) is 2.76. The Hall–Kier alpha value is -2.01. The molecule has 2 aromatic rings. The molecule has 1 aromatic heterocycles. The van der Waals surface area contributed by atoms with Crippen molar-refractivity contribution in [2.24, 2.45) is 10.2 Å². The van der Waals surface area contributed by atoms with Crippen molar-refractivity contribution in [2.45, 2.75) is 19.2 Å². The number of aliphatic hydroxyl groups excluding tert-OH is 1. The quantitative estimate of drug-likeness (QED) is 0.858. The molecule has 2 heterocycles. The van der Waals surface area contributed by atoms with E-state index in [4.69, 9.17) is 0 Å². The molecule has 0 spiro atoms. The lowest BCUT2D eigenvalue weighted by molar-refractivity contribution is 0.193. The van der Waals surface area contributed by atoms with Crippen LogP contribution in [-0.2, 0) is 0 Å². The smallest absolute Gasteiger partial charge is 0.190 e. The third-order valence-corrected chi connectivity index (χ3v) is 2.76. The first-order chi connectivity index (χ1) is 8.25. The zero-order chi connectivity index (χ0) is 11.8. The molecule has 0 amide bonds. The Labute approximate surface area is 98.4 Å². The summed E-state index contributed by atoms with van der Waals surface area (Å²) in [4.78, 5) is 0. The summed E-state index contributed by atoms with van der Waals surface area (Å²) in [6, 6.07) is 11.6. The van der Waals surface area contributed by atoms with Crippen LogP contribution in [0.15, 0.2) is 46.6 Å². The van der Waals surface area contributed by atoms with Crippen LogP contribution in [0, 0.1) is 0 Å². The van der Waals surface area contributed by atoms with E-state index in [0.29, 0.717) is 11.5 Å². The van der Waals surface area contributed by atoms with E-state index in [-0.39, 0.29) is 6.17 Å². The molecule has 5 heteroatoms. The van der Waals surface area contributed by atoms with E-state index in [1.165, 1.54) is 0 Å². The molecule has 2 unspecified atom stereocenters. The molecule has 0 saturated carbocycles. The second-order valence-electron chi connectivity index (χ2n) is 4.05. The van der Waals surface area contributed by atoms with Gasteiger partial charge in [0.05, 0.1) is 11.8 Å². The Morgan fingerprint density at radius 1 is 1.29 bits per heavy atom. The van der Waals surface area contributed by atoms with E-state index in [0.717, 1.165) is 5.56 Å². The van der Waals surface area contributed by atoms with E-state index < -0.39 is 6.10 Å². The van der Waals surface area contributed by atoms with E-state index in [1.807, 2.05) is 30.3 Å². The lowest BCUT2D eigenvalue weighted by Crippen LogP contribution is -2.07. The van der Waals surface area contributed by atoms with Crippen molar-refractivity contribution < 1.29 is 5.11 Å². The number of aliphatic hydroxyl groups is 1. The van der Waals surface area contributed by atoms with Crippen LogP contribution in [0.4, 0.5) is 5.82 Å². The normalized spacial score (nSPS) is 19.3. The number of nitrogens with zero attached hydrogens (tertiary/aromatic N) is 4. The molecule has 0 saturated heterocycles. The minimum absolute atomic E-state index is 0.210. The van der Waals surface area contributed by atoms with Gasteiger partial charge in [-0.05, 0) is 6.92 Å². The summed E-state index contributed by atoms with van der Waals surface area (Å²) < 4.78 is 1.73. The highest BCUT2D eigenvalue weighted by Gasteiger charge is 2.24. The molecule has 5 nitrogen and oxygen atoms in total. The molecule has 1 aliphatic heterocycles. The predicted octanol–water partition coefficient (Wildman–Crippen LogP) is 2.58. The molecule has 0 aliphatic carbocycles. The monoisotopic (exact) mass is 228 g/mol. The molecule has 2 atom stereocenters. The minimum Gasteiger partial charge on any atom is -0.387 e. The number of rotatable bonds is 2. The average Bonchev–Trinajstić information content (AvgIpc) is 2.89. The Balaban J connectivity index is 2.02. The Morgan fingerprint density at radius 3 is 2.76 bits per heavy atom. The fourth-order valence-electron chi connectivity index (χ4n) is 1.86. The van der Waals surface area contributed by atoms with Gasteiger partial charge < -0.3 is 5.11 Å². The van der Waals surface area contributed by atoms with Gasteiger partial charge in [-0.25, -0.2) is 4.68 Å². The zero-order valence-corrected chi connectivity index (χ0v) is 9.35. The summed E-state index contributed by atoms with van der Waals surface area (Å²) >= 11 is 0. The predicted molar refractivity (Wildman–Crippen MR) is 62.0 cm³/mol. The van der Waals surface area contributed by atoms with Gasteiger partial charge in [-0.2, -0.15) is 10.2 Å². The molecule has 86 valence electrons. The molecule has 1 aliphatic rings. The first-order valence-electron chi connectivity index (χ1n) is 5.49. The summed E-state index contributed by atoms with van der Waals surface area (Å²) in [5.41, 5.74) is 1.66. The Kier molecular flexibility index (Phi) is 2.26. The highest BCUT2D eigenvalue weighted by atomic mass is 16.3. The van der Waals surface area contributed by atoms with Crippen molar-refractivity contribution in [2.75, 3.05) is 0 Å². The Morgan fingerprint density at radius 2 is 2.06 bits per heavy atom. The molecule has 0 bridgehead atoms. The number of aromatic nitrogens is 2. The van der Waals surface area contributed by atoms with Crippen LogP contribution in [0.2, 0.25) is 0 Å². The van der Waals surface area contributed by atoms with E-state index in [9.17, 15) is 5.11 Å². The second kappa shape index (κ2) is 3.78. The van der Waals surface area contributed by atoms with E-state index in [2.05, 4.69) is 15.3 Å². The number of hydrogen-bond donors (Lipinski definition) is 1. The number of fused-ring (bicyclic) bond motifs is 1. The maximum absolute atomic E-state index is 9.49. The van der Waals surface area contributed by atoms with Gasteiger partial charge >= 0.3 is 0 Å². The lowest BCUT2D eigenvalue weighted by Gasteiger charge is -2.08. The van der Waals surface area contributed by atoms with Crippen LogP contribution in [0.5, 0.6) is 0 Å². The van der Waals surface area contributed by atoms with Gasteiger partial charge in [0, 0.05) is 11.6 Å². The van der Waals surface area contributed by atoms with Gasteiger partial charge in [0.25, 0.3) is 0 Å². The van der Waals surface area contributed by atoms with Crippen LogP contribution < -0.4 is 0 Å². The molecule has 0 radical (unpaired) electrons. The van der Waals surface area contributed by atoms with Crippen molar-refractivity contribution in [3.05, 3.63) is 47.7 Å². The molecule has 3 rings (SSSR count). The molecular weight excluding hydrogens is 216 g/mol. The summed E-state index contributed by atoms with van der Waals surface area (Å²) in [6.45, 7) is 1.69. The van der Waals surface area contributed by atoms with Gasteiger partial charge in [-0.3, -0.25) is 0 Å². The van der Waals surface area contributed by atoms with Crippen molar-refractivity contribution in [1.82, 2.24) is 9.78 Å². The lowest BCUT2D eigenvalue weighted by atomic mass is 10.2.